The number of halogens is 1. The highest BCUT2D eigenvalue weighted by Gasteiger charge is 2.16. The predicted molar refractivity (Wildman–Crippen MR) is 90.0 cm³/mol. The molecular weight excluding hydrogens is 373 g/mol. The Morgan fingerprint density at radius 3 is 2.89 bits per heavy atom. The summed E-state index contributed by atoms with van der Waals surface area (Å²) < 4.78 is 14.3. The van der Waals surface area contributed by atoms with Gasteiger partial charge in [-0.25, -0.2) is 0 Å². The first-order valence-corrected chi connectivity index (χ1v) is 6.93. The first-order valence-electron chi connectivity index (χ1n) is 6.20. The van der Waals surface area contributed by atoms with Crippen LogP contribution in [0.4, 0.5) is 0 Å². The summed E-state index contributed by atoms with van der Waals surface area (Å²) in [5, 5.41) is 0. The molecule has 0 amide bonds. The lowest BCUT2D eigenvalue weighted by Crippen LogP contribution is -2.16. The molecule has 0 saturated heterocycles. The highest BCUT2D eigenvalue weighted by molar-refractivity contribution is 14.0. The van der Waals surface area contributed by atoms with Crippen molar-refractivity contribution in [3.8, 4) is 5.88 Å². The van der Waals surface area contributed by atoms with Crippen LogP contribution in [-0.2, 0) is 0 Å². The second-order valence-corrected chi connectivity index (χ2v) is 5.43. The highest BCUT2D eigenvalue weighted by atomic mass is 127. The third-order valence-electron chi connectivity index (χ3n) is 2.75. The maximum Gasteiger partial charge on any atom is 0.253 e. The summed E-state index contributed by atoms with van der Waals surface area (Å²) >= 11 is 1.21. The zero-order chi connectivity index (χ0) is 13.0. The van der Waals surface area contributed by atoms with E-state index in [-0.39, 0.29) is 24.0 Å². The number of nitrogens with zero attached hydrogens (tertiary/aromatic N) is 3. The van der Waals surface area contributed by atoms with Crippen LogP contribution in [-0.4, -0.2) is 33.8 Å². The Bertz CT molecular complexity index is 456. The van der Waals surface area contributed by atoms with E-state index in [2.05, 4.69) is 33.6 Å². The van der Waals surface area contributed by atoms with Gasteiger partial charge in [-0.05, 0) is 24.6 Å². The molecule has 1 aliphatic rings. The topological polar surface area (TPSA) is 38.3 Å². The van der Waals surface area contributed by atoms with Gasteiger partial charge in [-0.1, -0.05) is 19.9 Å². The molecule has 1 aromatic rings. The lowest BCUT2D eigenvalue weighted by Gasteiger charge is -2.18. The second-order valence-electron chi connectivity index (χ2n) is 4.90. The second kappa shape index (κ2) is 7.84. The molecule has 0 bridgehead atoms. The molecule has 1 aromatic heterocycles. The molecule has 0 aromatic carbocycles. The number of likely N-dealkylation sites (N-methyl/N-ethyl adjacent to an activating group) is 1. The Hall–Kier alpha value is -0.630. The number of rotatable bonds is 5. The van der Waals surface area contributed by atoms with Crippen LogP contribution in [0.15, 0.2) is 18.4 Å². The molecule has 0 fully saturated rings. The minimum absolute atomic E-state index is 0. The fourth-order valence-corrected chi connectivity index (χ4v) is 2.23. The maximum atomic E-state index is 5.73. The molecule has 4 nitrogen and oxygen atoms in total. The van der Waals surface area contributed by atoms with Crippen molar-refractivity contribution < 1.29 is 4.74 Å². The van der Waals surface area contributed by atoms with E-state index in [4.69, 9.17) is 4.74 Å². The van der Waals surface area contributed by atoms with Crippen LogP contribution < -0.4 is 4.74 Å². The smallest absolute Gasteiger partial charge is 0.253 e. The van der Waals surface area contributed by atoms with Gasteiger partial charge in [-0.2, -0.15) is 4.37 Å². The average Bonchev–Trinajstić information content (AvgIpc) is 2.77. The molecule has 0 saturated carbocycles. The van der Waals surface area contributed by atoms with Gasteiger partial charge in [-0.15, -0.1) is 28.4 Å². The molecule has 0 N–H and O–H groups in total. The lowest BCUT2D eigenvalue weighted by molar-refractivity contribution is 0.280. The first kappa shape index (κ1) is 16.4. The van der Waals surface area contributed by atoms with Gasteiger partial charge in [-0.3, -0.25) is 0 Å². The van der Waals surface area contributed by atoms with Crippen molar-refractivity contribution in [2.24, 2.45) is 5.92 Å². The molecule has 0 radical (unpaired) electrons. The van der Waals surface area contributed by atoms with Crippen LogP contribution in [0.5, 0.6) is 5.88 Å². The number of allylic oxidation sites excluding steroid dienone is 2. The minimum atomic E-state index is 0. The van der Waals surface area contributed by atoms with Crippen molar-refractivity contribution in [2.75, 3.05) is 20.2 Å². The Morgan fingerprint density at radius 1 is 1.42 bits per heavy atom. The number of aromatic nitrogens is 2. The van der Waals surface area contributed by atoms with Crippen molar-refractivity contribution in [1.82, 2.24) is 13.6 Å². The average molecular weight is 393 g/mol. The molecule has 0 aliphatic carbocycles. The van der Waals surface area contributed by atoms with E-state index in [1.807, 2.05) is 19.3 Å². The summed E-state index contributed by atoms with van der Waals surface area (Å²) in [7, 11) is 2.04. The molecule has 0 spiro atoms. The van der Waals surface area contributed by atoms with Gasteiger partial charge in [0, 0.05) is 19.2 Å². The summed E-state index contributed by atoms with van der Waals surface area (Å²) in [5.74, 6) is 1.32. The van der Waals surface area contributed by atoms with Crippen LogP contribution >= 0.6 is 35.7 Å². The molecule has 19 heavy (non-hydrogen) atoms. The minimum Gasteiger partial charge on any atom is -0.475 e. The largest absolute Gasteiger partial charge is 0.475 e. The SMILES string of the molecule is CC(C)CCOc1nsnc1C1=CC=CN(C)C1.I. The Morgan fingerprint density at radius 2 is 2.21 bits per heavy atom. The molecule has 106 valence electrons. The fourth-order valence-electron chi connectivity index (χ4n) is 1.70. The van der Waals surface area contributed by atoms with Gasteiger partial charge in [0.05, 0.1) is 18.3 Å². The van der Waals surface area contributed by atoms with Crippen molar-refractivity contribution in [2.45, 2.75) is 20.3 Å². The van der Waals surface area contributed by atoms with E-state index in [0.717, 1.165) is 24.2 Å². The van der Waals surface area contributed by atoms with Gasteiger partial charge in [0.25, 0.3) is 5.88 Å². The third-order valence-corrected chi connectivity index (χ3v) is 3.27. The van der Waals surface area contributed by atoms with Crippen molar-refractivity contribution in [3.63, 3.8) is 0 Å². The van der Waals surface area contributed by atoms with E-state index in [1.54, 1.807) is 0 Å². The van der Waals surface area contributed by atoms with Crippen molar-refractivity contribution >= 4 is 41.3 Å². The van der Waals surface area contributed by atoms with E-state index < -0.39 is 0 Å². The zero-order valence-electron chi connectivity index (χ0n) is 11.5. The normalized spacial score (nSPS) is 14.3. The predicted octanol–water partition coefficient (Wildman–Crippen LogP) is 3.42. The Kier molecular flexibility index (Phi) is 6.78. The third kappa shape index (κ3) is 4.76. The van der Waals surface area contributed by atoms with E-state index in [1.165, 1.54) is 11.7 Å². The highest BCUT2D eigenvalue weighted by Crippen LogP contribution is 2.26. The molecular formula is C13H20IN3OS. The Labute approximate surface area is 135 Å². The quantitative estimate of drug-likeness (QED) is 0.719. The number of hydrogen-bond donors (Lipinski definition) is 0. The van der Waals surface area contributed by atoms with E-state index >= 15 is 0 Å². The Balaban J connectivity index is 0.00000180. The molecule has 6 heteroatoms. The standard InChI is InChI=1S/C13H19N3OS.HI/c1-10(2)6-8-17-13-12(14-18-15-13)11-5-4-7-16(3)9-11;/h4-5,7,10H,6,8-9H2,1-3H3;1H. The monoisotopic (exact) mass is 393 g/mol. The van der Waals surface area contributed by atoms with Gasteiger partial charge in [0.1, 0.15) is 5.69 Å². The first-order chi connectivity index (χ1) is 8.66. The van der Waals surface area contributed by atoms with Crippen LogP contribution in [0.2, 0.25) is 0 Å². The number of ether oxygens (including phenoxy) is 1. The molecule has 2 rings (SSSR count). The number of hydrogen-bond acceptors (Lipinski definition) is 5. The summed E-state index contributed by atoms with van der Waals surface area (Å²) in [6.45, 7) is 5.93. The van der Waals surface area contributed by atoms with E-state index in [9.17, 15) is 0 Å². The summed E-state index contributed by atoms with van der Waals surface area (Å²) in [4.78, 5) is 2.12. The summed E-state index contributed by atoms with van der Waals surface area (Å²) in [5.41, 5.74) is 2.05. The van der Waals surface area contributed by atoms with E-state index in [0.29, 0.717) is 18.4 Å². The van der Waals surface area contributed by atoms with Crippen molar-refractivity contribution in [3.05, 3.63) is 24.0 Å². The fraction of sp³-hybridized carbons (Fsp3) is 0.538. The maximum absolute atomic E-state index is 5.73. The molecule has 1 aliphatic heterocycles. The van der Waals surface area contributed by atoms with Gasteiger partial charge in [0.2, 0.25) is 0 Å². The van der Waals surface area contributed by atoms with Crippen LogP contribution in [0.3, 0.4) is 0 Å². The van der Waals surface area contributed by atoms with Crippen molar-refractivity contribution in [1.29, 1.82) is 0 Å². The molecule has 0 atom stereocenters. The van der Waals surface area contributed by atoms with Crippen LogP contribution in [0.1, 0.15) is 26.0 Å². The van der Waals surface area contributed by atoms with Gasteiger partial charge in [0.15, 0.2) is 0 Å². The zero-order valence-corrected chi connectivity index (χ0v) is 14.6. The summed E-state index contributed by atoms with van der Waals surface area (Å²) in [6.07, 6.45) is 7.18. The lowest BCUT2D eigenvalue weighted by atomic mass is 10.1. The van der Waals surface area contributed by atoms with Crippen LogP contribution in [0, 0.1) is 5.92 Å². The molecule has 2 heterocycles. The van der Waals surface area contributed by atoms with Gasteiger partial charge < -0.3 is 9.64 Å². The molecule has 0 unspecified atom stereocenters. The summed E-state index contributed by atoms with van der Waals surface area (Å²) in [6, 6.07) is 0. The van der Waals surface area contributed by atoms with Crippen LogP contribution in [0.25, 0.3) is 5.57 Å². The van der Waals surface area contributed by atoms with Gasteiger partial charge >= 0.3 is 0 Å².